The van der Waals surface area contributed by atoms with Gasteiger partial charge >= 0.3 is 0 Å². The van der Waals surface area contributed by atoms with Gasteiger partial charge in [0.25, 0.3) is 0 Å². The Hall–Kier alpha value is -1.11. The molecular weight excluding hydrogens is 300 g/mol. The Morgan fingerprint density at radius 3 is 2.65 bits per heavy atom. The van der Waals surface area contributed by atoms with Crippen molar-refractivity contribution >= 4 is 32.7 Å². The van der Waals surface area contributed by atoms with Crippen LogP contribution in [0.15, 0.2) is 21.4 Å². The van der Waals surface area contributed by atoms with Crippen molar-refractivity contribution in [3.8, 4) is 0 Å². The molecule has 0 aliphatic rings. The molecule has 0 radical (unpaired) electrons. The van der Waals surface area contributed by atoms with Crippen LogP contribution in [-0.4, -0.2) is 31.8 Å². The van der Waals surface area contributed by atoms with E-state index in [2.05, 4.69) is 11.9 Å². The van der Waals surface area contributed by atoms with Crippen LogP contribution in [-0.2, 0) is 16.4 Å². The van der Waals surface area contributed by atoms with Crippen molar-refractivity contribution < 1.29 is 12.8 Å². The summed E-state index contributed by atoms with van der Waals surface area (Å²) in [5, 5.41) is 0.143. The molecule has 0 aliphatic carbocycles. The Morgan fingerprint density at radius 1 is 1.35 bits per heavy atom. The van der Waals surface area contributed by atoms with Crippen LogP contribution in [0.4, 0.5) is 0 Å². The molecule has 0 unspecified atom stereocenters. The van der Waals surface area contributed by atoms with Gasteiger partial charge in [-0.1, -0.05) is 24.9 Å². The Bertz CT molecular complexity index is 723. The van der Waals surface area contributed by atoms with E-state index in [1.807, 2.05) is 0 Å². The lowest BCUT2D eigenvalue weighted by molar-refractivity contribution is 0.502. The minimum Gasteiger partial charge on any atom is -0.439 e. The topological polar surface area (TPSA) is 63.4 Å². The van der Waals surface area contributed by atoms with Crippen molar-refractivity contribution in [2.24, 2.45) is 0 Å². The van der Waals surface area contributed by atoms with Crippen LogP contribution in [0.2, 0.25) is 5.02 Å². The maximum atomic E-state index is 12.3. The average molecular weight is 317 g/mol. The van der Waals surface area contributed by atoms with Crippen LogP contribution < -0.4 is 0 Å². The molecule has 0 saturated heterocycles. The number of aryl methyl sites for hydroxylation is 1. The molecule has 1 heterocycles. The SMILES string of the molecule is CCCCc1nc2ccc(Cl)c(S(=O)(=O)N(C)C)c2o1. The lowest BCUT2D eigenvalue weighted by Crippen LogP contribution is -2.22. The van der Waals surface area contributed by atoms with Gasteiger partial charge in [0.2, 0.25) is 10.0 Å². The van der Waals surface area contributed by atoms with E-state index in [9.17, 15) is 8.42 Å². The van der Waals surface area contributed by atoms with Crippen molar-refractivity contribution in [3.05, 3.63) is 23.0 Å². The molecule has 7 heteroatoms. The Labute approximate surface area is 123 Å². The van der Waals surface area contributed by atoms with E-state index in [1.165, 1.54) is 20.2 Å². The predicted octanol–water partition coefficient (Wildman–Crippen LogP) is 3.07. The summed E-state index contributed by atoms with van der Waals surface area (Å²) in [4.78, 5) is 4.30. The molecule has 2 aromatic rings. The molecule has 0 fully saturated rings. The molecule has 2 rings (SSSR count). The number of aromatic nitrogens is 1. The fourth-order valence-electron chi connectivity index (χ4n) is 1.85. The van der Waals surface area contributed by atoms with Crippen LogP contribution >= 0.6 is 11.6 Å². The molecule has 0 amide bonds. The van der Waals surface area contributed by atoms with Crippen molar-refractivity contribution in [1.29, 1.82) is 0 Å². The number of hydrogen-bond donors (Lipinski definition) is 0. The zero-order valence-corrected chi connectivity index (χ0v) is 13.3. The second-order valence-corrected chi connectivity index (χ2v) is 7.22. The molecule has 0 bridgehead atoms. The average Bonchev–Trinajstić information content (AvgIpc) is 2.78. The highest BCUT2D eigenvalue weighted by Gasteiger charge is 2.26. The summed E-state index contributed by atoms with van der Waals surface area (Å²) in [6.07, 6.45) is 2.64. The first-order valence-corrected chi connectivity index (χ1v) is 8.20. The maximum absolute atomic E-state index is 12.3. The van der Waals surface area contributed by atoms with Gasteiger partial charge in [0, 0.05) is 20.5 Å². The van der Waals surface area contributed by atoms with E-state index in [1.54, 1.807) is 6.07 Å². The lowest BCUT2D eigenvalue weighted by atomic mass is 10.2. The molecule has 110 valence electrons. The van der Waals surface area contributed by atoms with E-state index in [4.69, 9.17) is 16.0 Å². The normalized spacial score (nSPS) is 12.4. The summed E-state index contributed by atoms with van der Waals surface area (Å²) in [5.74, 6) is 0.541. The number of sulfonamides is 1. The number of halogens is 1. The smallest absolute Gasteiger partial charge is 0.247 e. The fourth-order valence-corrected chi connectivity index (χ4v) is 3.35. The third kappa shape index (κ3) is 2.68. The van der Waals surface area contributed by atoms with Crippen molar-refractivity contribution in [2.75, 3.05) is 14.1 Å². The van der Waals surface area contributed by atoms with Gasteiger partial charge in [-0.15, -0.1) is 0 Å². The predicted molar refractivity (Wildman–Crippen MR) is 78.5 cm³/mol. The first kappa shape index (κ1) is 15.3. The second kappa shape index (κ2) is 5.71. The molecule has 0 saturated carbocycles. The third-order valence-electron chi connectivity index (χ3n) is 2.99. The van der Waals surface area contributed by atoms with Crippen LogP contribution in [0.5, 0.6) is 0 Å². The van der Waals surface area contributed by atoms with Crippen LogP contribution in [0, 0.1) is 0 Å². The molecular formula is C13H17ClN2O3S. The van der Waals surface area contributed by atoms with Gasteiger partial charge in [-0.05, 0) is 18.6 Å². The monoisotopic (exact) mass is 316 g/mol. The molecule has 1 aromatic carbocycles. The molecule has 0 aliphatic heterocycles. The van der Waals surface area contributed by atoms with Crippen LogP contribution in [0.3, 0.4) is 0 Å². The zero-order valence-electron chi connectivity index (χ0n) is 11.7. The van der Waals surface area contributed by atoms with E-state index in [-0.39, 0.29) is 15.5 Å². The molecule has 20 heavy (non-hydrogen) atoms. The van der Waals surface area contributed by atoms with Gasteiger partial charge in [0.1, 0.15) is 10.4 Å². The van der Waals surface area contributed by atoms with E-state index < -0.39 is 10.0 Å². The number of oxazole rings is 1. The Kier molecular flexibility index (Phi) is 4.36. The minimum absolute atomic E-state index is 0.0167. The van der Waals surface area contributed by atoms with Crippen molar-refractivity contribution in [1.82, 2.24) is 9.29 Å². The Balaban J connectivity index is 2.64. The third-order valence-corrected chi connectivity index (χ3v) is 5.30. The second-order valence-electron chi connectivity index (χ2n) is 4.72. The van der Waals surface area contributed by atoms with Crippen molar-refractivity contribution in [2.45, 2.75) is 31.1 Å². The molecule has 0 spiro atoms. The van der Waals surface area contributed by atoms with Crippen LogP contribution in [0.25, 0.3) is 11.1 Å². The summed E-state index contributed by atoms with van der Waals surface area (Å²) < 4.78 is 31.4. The highest BCUT2D eigenvalue weighted by Crippen LogP contribution is 2.32. The van der Waals surface area contributed by atoms with Crippen LogP contribution in [0.1, 0.15) is 25.7 Å². The summed E-state index contributed by atoms with van der Waals surface area (Å²) in [7, 11) is -0.759. The number of rotatable bonds is 5. The minimum atomic E-state index is -3.67. The molecule has 0 atom stereocenters. The molecule has 5 nitrogen and oxygen atoms in total. The van der Waals surface area contributed by atoms with Crippen molar-refractivity contribution in [3.63, 3.8) is 0 Å². The van der Waals surface area contributed by atoms with Gasteiger partial charge in [-0.3, -0.25) is 0 Å². The summed E-state index contributed by atoms with van der Waals surface area (Å²) in [5.41, 5.74) is 0.748. The van der Waals surface area contributed by atoms with Gasteiger partial charge in [-0.2, -0.15) is 0 Å². The van der Waals surface area contributed by atoms with Gasteiger partial charge in [0.05, 0.1) is 5.02 Å². The number of benzene rings is 1. The zero-order chi connectivity index (χ0) is 14.9. The summed E-state index contributed by atoms with van der Waals surface area (Å²) >= 11 is 6.05. The number of nitrogens with zero attached hydrogens (tertiary/aromatic N) is 2. The largest absolute Gasteiger partial charge is 0.439 e. The van der Waals surface area contributed by atoms with Gasteiger partial charge < -0.3 is 4.42 Å². The first-order valence-electron chi connectivity index (χ1n) is 6.38. The molecule has 1 aromatic heterocycles. The quantitative estimate of drug-likeness (QED) is 0.850. The molecule has 0 N–H and O–H groups in total. The van der Waals surface area contributed by atoms with Gasteiger partial charge in [-0.25, -0.2) is 17.7 Å². The maximum Gasteiger partial charge on any atom is 0.247 e. The Morgan fingerprint density at radius 2 is 2.05 bits per heavy atom. The number of hydrogen-bond acceptors (Lipinski definition) is 4. The highest BCUT2D eigenvalue weighted by molar-refractivity contribution is 7.89. The van der Waals surface area contributed by atoms with E-state index >= 15 is 0 Å². The van der Waals surface area contributed by atoms with E-state index in [0.717, 1.165) is 17.1 Å². The summed E-state index contributed by atoms with van der Waals surface area (Å²) in [6.45, 7) is 2.07. The van der Waals surface area contributed by atoms with E-state index in [0.29, 0.717) is 17.8 Å². The number of fused-ring (bicyclic) bond motifs is 1. The highest BCUT2D eigenvalue weighted by atomic mass is 35.5. The lowest BCUT2D eigenvalue weighted by Gasteiger charge is -2.12. The fraction of sp³-hybridized carbons (Fsp3) is 0.462. The standard InChI is InChI=1S/C13H17ClN2O3S/c1-4-5-6-11-15-10-8-7-9(14)13(12(10)19-11)20(17,18)16(2)3/h7-8H,4-6H2,1-3H3. The number of unbranched alkanes of at least 4 members (excludes halogenated alkanes) is 1. The first-order chi connectivity index (χ1) is 9.37. The van der Waals surface area contributed by atoms with Gasteiger partial charge in [0.15, 0.2) is 11.5 Å². The summed E-state index contributed by atoms with van der Waals surface area (Å²) in [6, 6.07) is 3.21.